The first-order chi connectivity index (χ1) is 8.28. The molecule has 0 unspecified atom stereocenters. The van der Waals surface area contributed by atoms with Gasteiger partial charge in [0.05, 0.1) is 5.52 Å². The minimum atomic E-state index is 0.283. The molecule has 2 aromatic rings. The van der Waals surface area contributed by atoms with Gasteiger partial charge in [-0.15, -0.1) is 11.8 Å². The van der Waals surface area contributed by atoms with E-state index in [9.17, 15) is 0 Å². The van der Waals surface area contributed by atoms with Gasteiger partial charge in [-0.25, -0.2) is 9.97 Å². The van der Waals surface area contributed by atoms with Crippen molar-refractivity contribution in [1.82, 2.24) is 9.97 Å². The summed E-state index contributed by atoms with van der Waals surface area (Å²) in [7, 11) is 0. The fourth-order valence-corrected chi connectivity index (χ4v) is 2.52. The molecule has 5 heteroatoms. The first kappa shape index (κ1) is 10.8. The fourth-order valence-electron chi connectivity index (χ4n) is 2.09. The summed E-state index contributed by atoms with van der Waals surface area (Å²) in [5.41, 5.74) is 6.81. The normalized spacial score (nSPS) is 16.2. The van der Waals surface area contributed by atoms with Crippen LogP contribution >= 0.6 is 11.8 Å². The largest absolute Gasteiger partial charge is 0.353 e. The summed E-state index contributed by atoms with van der Waals surface area (Å²) < 4.78 is 0. The molecule has 1 aliphatic rings. The van der Waals surface area contributed by atoms with Crippen molar-refractivity contribution >= 4 is 28.5 Å². The van der Waals surface area contributed by atoms with Crippen LogP contribution in [0.1, 0.15) is 0 Å². The van der Waals surface area contributed by atoms with E-state index in [-0.39, 0.29) is 6.04 Å². The molecule has 3 rings (SSSR count). The first-order valence-electron chi connectivity index (χ1n) is 5.57. The summed E-state index contributed by atoms with van der Waals surface area (Å²) in [6, 6.07) is 6.59. The number of fused-ring (bicyclic) bond motifs is 1. The molecule has 1 saturated heterocycles. The lowest BCUT2D eigenvalue weighted by Gasteiger charge is -2.38. The minimum Gasteiger partial charge on any atom is -0.353 e. The molecule has 0 amide bonds. The van der Waals surface area contributed by atoms with Crippen molar-refractivity contribution in [3.05, 3.63) is 24.5 Å². The van der Waals surface area contributed by atoms with Crippen LogP contribution in [0, 0.1) is 0 Å². The maximum Gasteiger partial charge on any atom is 0.139 e. The second-order valence-electron chi connectivity index (χ2n) is 4.25. The molecule has 0 bridgehead atoms. The number of benzene rings is 1. The predicted molar refractivity (Wildman–Crippen MR) is 71.5 cm³/mol. The molecule has 2 heterocycles. The highest BCUT2D eigenvalue weighted by Gasteiger charge is 2.25. The first-order valence-corrected chi connectivity index (χ1v) is 6.79. The Morgan fingerprint density at radius 2 is 2.18 bits per heavy atom. The lowest BCUT2D eigenvalue weighted by Crippen LogP contribution is -2.56. The van der Waals surface area contributed by atoms with Crippen molar-refractivity contribution in [3.63, 3.8) is 0 Å². The summed E-state index contributed by atoms with van der Waals surface area (Å²) in [6.45, 7) is 1.77. The Hall–Kier alpha value is -1.33. The number of thioether (sulfide) groups is 1. The van der Waals surface area contributed by atoms with Crippen LogP contribution < -0.4 is 10.6 Å². The van der Waals surface area contributed by atoms with E-state index in [4.69, 9.17) is 5.73 Å². The Morgan fingerprint density at radius 1 is 1.35 bits per heavy atom. The van der Waals surface area contributed by atoms with Gasteiger partial charge in [0.2, 0.25) is 0 Å². The van der Waals surface area contributed by atoms with Gasteiger partial charge in [-0.1, -0.05) is 0 Å². The molecular formula is C12H14N4S. The molecule has 1 aromatic carbocycles. The van der Waals surface area contributed by atoms with E-state index in [1.165, 1.54) is 4.90 Å². The maximum absolute atomic E-state index is 5.81. The van der Waals surface area contributed by atoms with Crippen LogP contribution in [0.2, 0.25) is 0 Å². The Kier molecular flexibility index (Phi) is 2.64. The molecule has 0 spiro atoms. The van der Waals surface area contributed by atoms with E-state index in [2.05, 4.69) is 39.3 Å². The summed E-state index contributed by atoms with van der Waals surface area (Å²) in [5.74, 6) is 1.00. The number of rotatable bonds is 2. The molecule has 0 radical (unpaired) electrons. The highest BCUT2D eigenvalue weighted by atomic mass is 32.2. The molecule has 1 aliphatic heterocycles. The van der Waals surface area contributed by atoms with E-state index in [1.54, 1.807) is 18.1 Å². The molecule has 0 saturated carbocycles. The molecule has 17 heavy (non-hydrogen) atoms. The second kappa shape index (κ2) is 4.16. The van der Waals surface area contributed by atoms with Crippen LogP contribution in [0.4, 0.5) is 5.82 Å². The third-order valence-electron chi connectivity index (χ3n) is 3.03. The number of hydrogen-bond acceptors (Lipinski definition) is 5. The summed E-state index contributed by atoms with van der Waals surface area (Å²) in [6.07, 6.45) is 3.70. The Labute approximate surface area is 104 Å². The van der Waals surface area contributed by atoms with E-state index in [0.29, 0.717) is 0 Å². The predicted octanol–water partition coefficient (Wildman–Crippen LogP) is 1.50. The van der Waals surface area contributed by atoms with Gasteiger partial charge in [0, 0.05) is 29.4 Å². The van der Waals surface area contributed by atoms with Crippen molar-refractivity contribution in [1.29, 1.82) is 0 Å². The highest BCUT2D eigenvalue weighted by molar-refractivity contribution is 7.98. The molecule has 0 atom stereocenters. The number of hydrogen-bond donors (Lipinski definition) is 1. The van der Waals surface area contributed by atoms with E-state index in [0.717, 1.165) is 29.8 Å². The molecule has 88 valence electrons. The third-order valence-corrected chi connectivity index (χ3v) is 3.76. The van der Waals surface area contributed by atoms with Crippen molar-refractivity contribution in [2.45, 2.75) is 10.9 Å². The van der Waals surface area contributed by atoms with E-state index >= 15 is 0 Å². The van der Waals surface area contributed by atoms with Crippen molar-refractivity contribution < 1.29 is 0 Å². The molecule has 2 N–H and O–H groups in total. The van der Waals surface area contributed by atoms with Crippen molar-refractivity contribution in [2.75, 3.05) is 24.2 Å². The smallest absolute Gasteiger partial charge is 0.139 e. The average molecular weight is 246 g/mol. The summed E-state index contributed by atoms with van der Waals surface area (Å²) in [4.78, 5) is 12.1. The zero-order chi connectivity index (χ0) is 11.8. The van der Waals surface area contributed by atoms with Crippen LogP contribution in [-0.2, 0) is 0 Å². The number of nitrogens with zero attached hydrogens (tertiary/aromatic N) is 3. The van der Waals surface area contributed by atoms with Gasteiger partial charge in [0.15, 0.2) is 0 Å². The van der Waals surface area contributed by atoms with Gasteiger partial charge >= 0.3 is 0 Å². The van der Waals surface area contributed by atoms with Crippen LogP contribution in [0.15, 0.2) is 29.4 Å². The van der Waals surface area contributed by atoms with Crippen molar-refractivity contribution in [2.24, 2.45) is 5.73 Å². The van der Waals surface area contributed by atoms with Gasteiger partial charge < -0.3 is 10.6 Å². The third kappa shape index (κ3) is 1.85. The van der Waals surface area contributed by atoms with E-state index in [1.807, 2.05) is 0 Å². The number of aromatic nitrogens is 2. The minimum absolute atomic E-state index is 0.283. The summed E-state index contributed by atoms with van der Waals surface area (Å²) >= 11 is 1.72. The fraction of sp³-hybridized carbons (Fsp3) is 0.333. The van der Waals surface area contributed by atoms with Crippen molar-refractivity contribution in [3.8, 4) is 0 Å². The molecule has 0 aliphatic carbocycles. The SMILES string of the molecule is CSc1ccc2c(N3CC(N)C3)ncnc2c1. The zero-order valence-electron chi connectivity index (χ0n) is 9.63. The lowest BCUT2D eigenvalue weighted by molar-refractivity contribution is 0.516. The van der Waals surface area contributed by atoms with Crippen LogP contribution in [0.3, 0.4) is 0 Å². The summed E-state index contributed by atoms with van der Waals surface area (Å²) in [5, 5.41) is 1.11. The van der Waals surface area contributed by atoms with Gasteiger partial charge in [-0.3, -0.25) is 0 Å². The monoisotopic (exact) mass is 246 g/mol. The van der Waals surface area contributed by atoms with Gasteiger partial charge in [0.1, 0.15) is 12.1 Å². The molecular weight excluding hydrogens is 232 g/mol. The molecule has 1 fully saturated rings. The standard InChI is InChI=1S/C12H14N4S/c1-17-9-2-3-10-11(4-9)14-7-15-12(10)16-5-8(13)6-16/h2-4,7-8H,5-6,13H2,1H3. The molecule has 4 nitrogen and oxygen atoms in total. The quantitative estimate of drug-likeness (QED) is 0.814. The molecule has 1 aromatic heterocycles. The highest BCUT2D eigenvalue weighted by Crippen LogP contribution is 2.28. The van der Waals surface area contributed by atoms with E-state index < -0.39 is 0 Å². The van der Waals surface area contributed by atoms with Gasteiger partial charge in [-0.2, -0.15) is 0 Å². The van der Waals surface area contributed by atoms with Gasteiger partial charge in [0.25, 0.3) is 0 Å². The van der Waals surface area contributed by atoms with Crippen LogP contribution in [0.25, 0.3) is 10.9 Å². The zero-order valence-corrected chi connectivity index (χ0v) is 10.4. The Bertz CT molecular complexity index is 551. The maximum atomic E-state index is 5.81. The van der Waals surface area contributed by atoms with Crippen LogP contribution in [0.5, 0.6) is 0 Å². The number of nitrogens with two attached hydrogens (primary N) is 1. The van der Waals surface area contributed by atoms with Gasteiger partial charge in [-0.05, 0) is 24.5 Å². The lowest BCUT2D eigenvalue weighted by atomic mass is 10.1. The Morgan fingerprint density at radius 3 is 2.88 bits per heavy atom. The Balaban J connectivity index is 2.07. The topological polar surface area (TPSA) is 55.0 Å². The van der Waals surface area contributed by atoms with Crippen LogP contribution in [-0.4, -0.2) is 35.4 Å². The average Bonchev–Trinajstić information content (AvgIpc) is 2.33. The number of anilines is 1. The second-order valence-corrected chi connectivity index (χ2v) is 5.13.